The molecule has 1 heterocycles. The molecule has 0 radical (unpaired) electrons. The highest BCUT2D eigenvalue weighted by Crippen LogP contribution is 2.12. The number of nitrogens with one attached hydrogen (secondary N) is 2. The predicted octanol–water partition coefficient (Wildman–Crippen LogP) is 2.88. The van der Waals surface area contributed by atoms with Crippen molar-refractivity contribution in [2.75, 3.05) is 40.0 Å². The summed E-state index contributed by atoms with van der Waals surface area (Å²) in [5.41, 5.74) is 0.352. The molecule has 1 aliphatic rings. The molecule has 8 heteroatoms. The van der Waals surface area contributed by atoms with E-state index in [0.29, 0.717) is 37.7 Å². The lowest BCUT2D eigenvalue weighted by Crippen LogP contribution is -2.39. The summed E-state index contributed by atoms with van der Waals surface area (Å²) in [6, 6.07) is 4.22. The van der Waals surface area contributed by atoms with Gasteiger partial charge in [0.2, 0.25) is 0 Å². The number of hydrogen-bond acceptors (Lipinski definition) is 3. The van der Waals surface area contributed by atoms with Gasteiger partial charge in [-0.1, -0.05) is 12.1 Å². The lowest BCUT2D eigenvalue weighted by molar-refractivity contribution is 0.0168. The summed E-state index contributed by atoms with van der Waals surface area (Å²) in [6.45, 7) is 3.36. The maximum absolute atomic E-state index is 13.6. The minimum absolute atomic E-state index is 0. The average molecular weight is 483 g/mol. The van der Waals surface area contributed by atoms with Gasteiger partial charge in [-0.15, -0.1) is 24.0 Å². The molecule has 0 aromatic heterocycles. The third kappa shape index (κ3) is 8.13. The van der Waals surface area contributed by atoms with Crippen LogP contribution in [0.3, 0.4) is 0 Å². The molecule has 0 aliphatic carbocycles. The number of hydrogen-bond donors (Lipinski definition) is 2. The first-order valence-electron chi connectivity index (χ1n) is 8.77. The molecule has 0 saturated carbocycles. The van der Waals surface area contributed by atoms with E-state index < -0.39 is 11.6 Å². The van der Waals surface area contributed by atoms with Gasteiger partial charge in [0, 0.05) is 33.4 Å². The Hall–Kier alpha value is -1.00. The molecule has 0 bridgehead atoms. The Morgan fingerprint density at radius 2 is 2.12 bits per heavy atom. The molecule has 2 rings (SSSR count). The Kier molecular flexibility index (Phi) is 11.7. The third-order valence-corrected chi connectivity index (χ3v) is 4.03. The molecule has 1 saturated heterocycles. The number of benzene rings is 1. The highest BCUT2D eigenvalue weighted by atomic mass is 127. The predicted molar refractivity (Wildman–Crippen MR) is 109 cm³/mol. The minimum Gasteiger partial charge on any atom is -0.379 e. The van der Waals surface area contributed by atoms with Crippen LogP contribution < -0.4 is 10.6 Å². The third-order valence-electron chi connectivity index (χ3n) is 4.03. The van der Waals surface area contributed by atoms with Gasteiger partial charge in [0.1, 0.15) is 0 Å². The number of nitrogens with zero attached hydrogens (tertiary/aromatic N) is 1. The van der Waals surface area contributed by atoms with E-state index in [1.165, 1.54) is 6.07 Å². The van der Waals surface area contributed by atoms with Crippen molar-refractivity contribution in [2.45, 2.75) is 31.8 Å². The molecule has 1 fully saturated rings. The molecular formula is C18H28F2IN3O2. The summed E-state index contributed by atoms with van der Waals surface area (Å²) >= 11 is 0. The average Bonchev–Trinajstić information content (AvgIpc) is 3.13. The Morgan fingerprint density at radius 1 is 1.31 bits per heavy atom. The molecule has 1 aromatic rings. The second-order valence-electron chi connectivity index (χ2n) is 5.95. The second kappa shape index (κ2) is 13.2. The van der Waals surface area contributed by atoms with E-state index >= 15 is 0 Å². The van der Waals surface area contributed by atoms with E-state index in [4.69, 9.17) is 9.47 Å². The van der Waals surface area contributed by atoms with E-state index in [-0.39, 0.29) is 30.1 Å². The Labute approximate surface area is 171 Å². The van der Waals surface area contributed by atoms with Crippen LogP contribution in [0.25, 0.3) is 0 Å². The second-order valence-corrected chi connectivity index (χ2v) is 5.95. The van der Waals surface area contributed by atoms with Crippen molar-refractivity contribution in [2.24, 2.45) is 4.99 Å². The molecule has 5 nitrogen and oxygen atoms in total. The van der Waals surface area contributed by atoms with Crippen molar-refractivity contribution in [1.82, 2.24) is 10.6 Å². The Balaban J connectivity index is 0.00000338. The van der Waals surface area contributed by atoms with Crippen molar-refractivity contribution in [3.05, 3.63) is 35.4 Å². The van der Waals surface area contributed by atoms with Crippen LogP contribution in [0.2, 0.25) is 0 Å². The zero-order valence-corrected chi connectivity index (χ0v) is 17.4. The SMILES string of the molecule is CN=C(NCCCOCC1CCCO1)NCCc1cccc(F)c1F.I. The van der Waals surface area contributed by atoms with Gasteiger partial charge < -0.3 is 20.1 Å². The molecule has 1 atom stereocenters. The van der Waals surface area contributed by atoms with Gasteiger partial charge in [0.15, 0.2) is 17.6 Å². The zero-order chi connectivity index (χ0) is 17.9. The van der Waals surface area contributed by atoms with E-state index in [0.717, 1.165) is 38.5 Å². The quantitative estimate of drug-likeness (QED) is 0.246. The Morgan fingerprint density at radius 3 is 2.85 bits per heavy atom. The topological polar surface area (TPSA) is 54.9 Å². The summed E-state index contributed by atoms with van der Waals surface area (Å²) in [5.74, 6) is -0.963. The smallest absolute Gasteiger partial charge is 0.190 e. The van der Waals surface area contributed by atoms with Crippen LogP contribution in [0, 0.1) is 11.6 Å². The number of aliphatic imine (C=N–C) groups is 1. The standard InChI is InChI=1S/C18H27F2N3O2.HI/c1-21-18(22-9-4-11-24-13-15-6-3-12-25-15)23-10-8-14-5-2-7-16(19)17(14)20;/h2,5,7,15H,3-4,6,8-13H2,1H3,(H2,21,22,23);1H. The lowest BCUT2D eigenvalue weighted by Gasteiger charge is -2.13. The first-order chi connectivity index (χ1) is 12.2. The van der Waals surface area contributed by atoms with E-state index in [1.54, 1.807) is 13.1 Å². The monoisotopic (exact) mass is 483 g/mol. The maximum Gasteiger partial charge on any atom is 0.190 e. The summed E-state index contributed by atoms with van der Waals surface area (Å²) in [6.07, 6.45) is 3.70. The number of ether oxygens (including phenoxy) is 2. The first kappa shape index (κ1) is 23.0. The van der Waals surface area contributed by atoms with E-state index in [9.17, 15) is 8.78 Å². The summed E-state index contributed by atoms with van der Waals surface area (Å²) in [7, 11) is 1.67. The van der Waals surface area contributed by atoms with Crippen LogP contribution in [0.1, 0.15) is 24.8 Å². The fourth-order valence-corrected chi connectivity index (χ4v) is 2.65. The fraction of sp³-hybridized carbons (Fsp3) is 0.611. The first-order valence-corrected chi connectivity index (χ1v) is 8.77. The van der Waals surface area contributed by atoms with Crippen molar-refractivity contribution >= 4 is 29.9 Å². The van der Waals surface area contributed by atoms with Crippen LogP contribution in [-0.4, -0.2) is 52.0 Å². The van der Waals surface area contributed by atoms with E-state index in [1.807, 2.05) is 0 Å². The van der Waals surface area contributed by atoms with Crippen LogP contribution in [0.15, 0.2) is 23.2 Å². The van der Waals surface area contributed by atoms with Gasteiger partial charge in [0.05, 0.1) is 12.7 Å². The molecule has 1 aliphatic heterocycles. The highest BCUT2D eigenvalue weighted by Gasteiger charge is 2.14. The van der Waals surface area contributed by atoms with Gasteiger partial charge in [-0.3, -0.25) is 4.99 Å². The molecule has 1 aromatic carbocycles. The highest BCUT2D eigenvalue weighted by molar-refractivity contribution is 14.0. The van der Waals surface area contributed by atoms with Crippen molar-refractivity contribution < 1.29 is 18.3 Å². The maximum atomic E-state index is 13.6. The normalized spacial score (nSPS) is 17.0. The fourth-order valence-electron chi connectivity index (χ4n) is 2.65. The molecule has 26 heavy (non-hydrogen) atoms. The van der Waals surface area contributed by atoms with Crippen molar-refractivity contribution in [1.29, 1.82) is 0 Å². The van der Waals surface area contributed by atoms with Crippen LogP contribution in [0.5, 0.6) is 0 Å². The minimum atomic E-state index is -0.817. The van der Waals surface area contributed by atoms with Crippen LogP contribution >= 0.6 is 24.0 Å². The van der Waals surface area contributed by atoms with Gasteiger partial charge in [0.25, 0.3) is 0 Å². The van der Waals surface area contributed by atoms with Gasteiger partial charge >= 0.3 is 0 Å². The van der Waals surface area contributed by atoms with Crippen molar-refractivity contribution in [3.8, 4) is 0 Å². The molecule has 1 unspecified atom stereocenters. The number of guanidine groups is 1. The van der Waals surface area contributed by atoms with E-state index in [2.05, 4.69) is 15.6 Å². The molecule has 148 valence electrons. The Bertz CT molecular complexity index is 555. The summed E-state index contributed by atoms with van der Waals surface area (Å²) < 4.78 is 37.8. The molecule has 0 spiro atoms. The van der Waals surface area contributed by atoms with Crippen LogP contribution in [-0.2, 0) is 15.9 Å². The number of halogens is 3. The summed E-state index contributed by atoms with van der Waals surface area (Å²) in [4.78, 5) is 4.11. The summed E-state index contributed by atoms with van der Waals surface area (Å²) in [5, 5.41) is 6.26. The molecular weight excluding hydrogens is 455 g/mol. The largest absolute Gasteiger partial charge is 0.379 e. The van der Waals surface area contributed by atoms with Gasteiger partial charge in [-0.25, -0.2) is 8.78 Å². The molecule has 2 N–H and O–H groups in total. The number of rotatable bonds is 9. The van der Waals surface area contributed by atoms with Gasteiger partial charge in [-0.2, -0.15) is 0 Å². The lowest BCUT2D eigenvalue weighted by atomic mass is 10.1. The molecule has 0 amide bonds. The van der Waals surface area contributed by atoms with Crippen molar-refractivity contribution in [3.63, 3.8) is 0 Å². The zero-order valence-electron chi connectivity index (χ0n) is 15.1. The van der Waals surface area contributed by atoms with Gasteiger partial charge in [-0.05, 0) is 37.3 Å². The van der Waals surface area contributed by atoms with Crippen LogP contribution in [0.4, 0.5) is 8.78 Å².